The van der Waals surface area contributed by atoms with Crippen LogP contribution in [0.4, 0.5) is 4.39 Å². The molecular formula is C17H16BrFN2O5S2. The number of aromatic carboxylic acids is 1. The Morgan fingerprint density at radius 3 is 2.57 bits per heavy atom. The number of hydrazine groups is 1. The fraction of sp³-hybridized carbons (Fsp3) is 0.294. The number of nitrogens with one attached hydrogen (secondary N) is 2. The van der Waals surface area contributed by atoms with Crippen LogP contribution in [-0.2, 0) is 22.9 Å². The molecule has 11 heteroatoms. The SMILES string of the molecule is O=C(NNS(=O)(=O)c1cc(Br)cc(C(=O)O)c1F)c1cc2c(s1)CCCCC2. The van der Waals surface area contributed by atoms with Crippen molar-refractivity contribution in [1.82, 2.24) is 10.3 Å². The highest BCUT2D eigenvalue weighted by molar-refractivity contribution is 9.10. The molecule has 0 fully saturated rings. The summed E-state index contributed by atoms with van der Waals surface area (Å²) in [5.41, 5.74) is 2.36. The number of benzene rings is 1. The van der Waals surface area contributed by atoms with Gasteiger partial charge in [0.15, 0.2) is 5.82 Å². The number of rotatable bonds is 5. The highest BCUT2D eigenvalue weighted by Crippen LogP contribution is 2.29. The van der Waals surface area contributed by atoms with E-state index >= 15 is 0 Å². The van der Waals surface area contributed by atoms with Gasteiger partial charge in [0, 0.05) is 9.35 Å². The number of carbonyl (C=O) groups excluding carboxylic acids is 1. The molecule has 0 bridgehead atoms. The maximum atomic E-state index is 14.3. The third-order valence-electron chi connectivity index (χ3n) is 4.29. The standard InChI is InChI=1S/C17H16BrFN2O5S2/c18-10-7-11(17(23)24)15(19)14(8-10)28(25,26)21-20-16(22)13-6-9-4-2-1-3-5-12(9)27-13/h6-8,21H,1-5H2,(H,20,22)(H,23,24). The maximum absolute atomic E-state index is 14.3. The zero-order chi connectivity index (χ0) is 20.5. The van der Waals surface area contributed by atoms with Crippen LogP contribution in [0.3, 0.4) is 0 Å². The molecule has 0 saturated carbocycles. The summed E-state index contributed by atoms with van der Waals surface area (Å²) >= 11 is 4.26. The molecule has 1 aromatic heterocycles. The van der Waals surface area contributed by atoms with Crippen LogP contribution in [0.5, 0.6) is 0 Å². The van der Waals surface area contributed by atoms with E-state index in [9.17, 15) is 22.4 Å². The zero-order valence-electron chi connectivity index (χ0n) is 14.4. The molecule has 1 aliphatic rings. The van der Waals surface area contributed by atoms with Gasteiger partial charge in [-0.2, -0.15) is 0 Å². The van der Waals surface area contributed by atoms with Gasteiger partial charge in [-0.05, 0) is 49.4 Å². The lowest BCUT2D eigenvalue weighted by Crippen LogP contribution is -2.41. The number of sulfonamides is 1. The van der Waals surface area contributed by atoms with Crippen molar-refractivity contribution in [3.63, 3.8) is 0 Å². The Morgan fingerprint density at radius 1 is 1.14 bits per heavy atom. The summed E-state index contributed by atoms with van der Waals surface area (Å²) in [5.74, 6) is -3.69. The van der Waals surface area contributed by atoms with Gasteiger partial charge in [-0.1, -0.05) is 22.4 Å². The van der Waals surface area contributed by atoms with E-state index in [2.05, 4.69) is 21.4 Å². The van der Waals surface area contributed by atoms with E-state index in [0.717, 1.165) is 54.7 Å². The van der Waals surface area contributed by atoms with Crippen LogP contribution in [0.2, 0.25) is 0 Å². The van der Waals surface area contributed by atoms with Crippen LogP contribution >= 0.6 is 27.3 Å². The average molecular weight is 491 g/mol. The molecule has 0 atom stereocenters. The Hall–Kier alpha value is -1.82. The molecule has 3 rings (SSSR count). The molecule has 7 nitrogen and oxygen atoms in total. The van der Waals surface area contributed by atoms with Gasteiger partial charge in [0.1, 0.15) is 4.90 Å². The largest absolute Gasteiger partial charge is 0.478 e. The van der Waals surface area contributed by atoms with Gasteiger partial charge in [-0.15, -0.1) is 16.2 Å². The topological polar surface area (TPSA) is 113 Å². The Kier molecular flexibility index (Phi) is 6.18. The zero-order valence-corrected chi connectivity index (χ0v) is 17.6. The van der Waals surface area contributed by atoms with Gasteiger partial charge in [-0.25, -0.2) is 17.6 Å². The summed E-state index contributed by atoms with van der Waals surface area (Å²) < 4.78 is 39.1. The summed E-state index contributed by atoms with van der Waals surface area (Å²) in [6.07, 6.45) is 5.01. The van der Waals surface area contributed by atoms with Gasteiger partial charge in [0.2, 0.25) is 0 Å². The van der Waals surface area contributed by atoms with Crippen molar-refractivity contribution >= 4 is 49.2 Å². The molecule has 0 radical (unpaired) electrons. The highest BCUT2D eigenvalue weighted by atomic mass is 79.9. The van der Waals surface area contributed by atoms with E-state index in [-0.39, 0.29) is 4.47 Å². The normalized spacial score (nSPS) is 14.2. The number of halogens is 2. The van der Waals surface area contributed by atoms with E-state index in [0.29, 0.717) is 4.88 Å². The maximum Gasteiger partial charge on any atom is 0.338 e. The minimum atomic E-state index is -4.53. The van der Waals surface area contributed by atoms with Crippen molar-refractivity contribution < 1.29 is 27.5 Å². The first kappa shape index (κ1) is 20.9. The van der Waals surface area contributed by atoms with Crippen LogP contribution in [-0.4, -0.2) is 25.4 Å². The molecule has 3 N–H and O–H groups in total. The molecule has 1 aromatic carbocycles. The van der Waals surface area contributed by atoms with E-state index < -0.39 is 38.2 Å². The Bertz CT molecular complexity index is 1030. The van der Waals surface area contributed by atoms with E-state index in [1.54, 1.807) is 6.07 Å². The molecule has 1 amide bonds. The molecule has 0 spiro atoms. The third kappa shape index (κ3) is 4.43. The van der Waals surface area contributed by atoms with E-state index in [4.69, 9.17) is 5.11 Å². The lowest BCUT2D eigenvalue weighted by atomic mass is 10.1. The van der Waals surface area contributed by atoms with Crippen LogP contribution < -0.4 is 10.3 Å². The van der Waals surface area contributed by atoms with E-state index in [1.165, 1.54) is 11.3 Å². The minimum Gasteiger partial charge on any atom is -0.478 e. The molecule has 0 unspecified atom stereocenters. The van der Waals surface area contributed by atoms with Crippen molar-refractivity contribution in [2.75, 3.05) is 0 Å². The number of hydrogen-bond donors (Lipinski definition) is 3. The predicted octanol–water partition coefficient (Wildman–Crippen LogP) is 3.24. The van der Waals surface area contributed by atoms with Crippen molar-refractivity contribution in [3.8, 4) is 0 Å². The van der Waals surface area contributed by atoms with Gasteiger partial charge in [0.05, 0.1) is 10.4 Å². The number of hydrogen-bond acceptors (Lipinski definition) is 5. The minimum absolute atomic E-state index is 0.0694. The molecule has 28 heavy (non-hydrogen) atoms. The summed E-state index contributed by atoms with van der Waals surface area (Å²) in [6.45, 7) is 0. The van der Waals surface area contributed by atoms with Gasteiger partial charge < -0.3 is 5.11 Å². The molecular weight excluding hydrogens is 475 g/mol. The van der Waals surface area contributed by atoms with Crippen LogP contribution in [0.25, 0.3) is 0 Å². The second-order valence-corrected chi connectivity index (χ2v) is 9.95. The number of fused-ring (bicyclic) bond motifs is 1. The lowest BCUT2D eigenvalue weighted by molar-refractivity contribution is 0.0690. The van der Waals surface area contributed by atoms with Crippen molar-refractivity contribution in [2.24, 2.45) is 0 Å². The Morgan fingerprint density at radius 2 is 1.86 bits per heavy atom. The number of carboxylic acids is 1. The summed E-state index contributed by atoms with van der Waals surface area (Å²) in [6, 6.07) is 3.62. The second-order valence-electron chi connectivity index (χ2n) is 6.25. The first-order valence-electron chi connectivity index (χ1n) is 8.35. The number of amides is 1. The number of carboxylic acid groups (broad SMARTS) is 1. The highest BCUT2D eigenvalue weighted by Gasteiger charge is 2.26. The van der Waals surface area contributed by atoms with Gasteiger partial charge in [-0.3, -0.25) is 10.2 Å². The Labute approximate surface area is 173 Å². The molecule has 1 heterocycles. The number of carbonyl (C=O) groups is 2. The van der Waals surface area contributed by atoms with Gasteiger partial charge >= 0.3 is 5.97 Å². The molecule has 2 aromatic rings. The van der Waals surface area contributed by atoms with Crippen LogP contribution in [0.15, 0.2) is 27.6 Å². The first-order valence-corrected chi connectivity index (χ1v) is 11.4. The average Bonchev–Trinajstić information content (AvgIpc) is 2.92. The third-order valence-corrected chi connectivity index (χ3v) is 7.23. The molecule has 0 aliphatic heterocycles. The van der Waals surface area contributed by atoms with Gasteiger partial charge in [0.25, 0.3) is 15.9 Å². The smallest absolute Gasteiger partial charge is 0.338 e. The lowest BCUT2D eigenvalue weighted by Gasteiger charge is -2.10. The molecule has 1 aliphatic carbocycles. The monoisotopic (exact) mass is 490 g/mol. The predicted molar refractivity (Wildman–Crippen MR) is 104 cm³/mol. The number of thiophene rings is 1. The Balaban J connectivity index is 1.79. The van der Waals surface area contributed by atoms with E-state index in [1.807, 2.05) is 4.83 Å². The second kappa shape index (κ2) is 8.27. The van der Waals surface area contributed by atoms with Crippen LogP contribution in [0.1, 0.15) is 49.7 Å². The quantitative estimate of drug-likeness (QED) is 0.439. The fourth-order valence-corrected chi connectivity index (χ4v) is 5.65. The van der Waals surface area contributed by atoms with Crippen molar-refractivity contribution in [2.45, 2.75) is 37.0 Å². The molecule has 150 valence electrons. The fourth-order valence-electron chi connectivity index (χ4n) is 2.92. The summed E-state index contributed by atoms with van der Waals surface area (Å²) in [7, 11) is -4.53. The first-order chi connectivity index (χ1) is 13.2. The number of aryl methyl sites for hydroxylation is 2. The summed E-state index contributed by atoms with van der Waals surface area (Å²) in [5, 5.41) is 9.00. The van der Waals surface area contributed by atoms with Crippen molar-refractivity contribution in [1.29, 1.82) is 0 Å². The van der Waals surface area contributed by atoms with Crippen molar-refractivity contribution in [3.05, 3.63) is 49.4 Å². The van der Waals surface area contributed by atoms with Crippen LogP contribution in [0, 0.1) is 5.82 Å². The summed E-state index contributed by atoms with van der Waals surface area (Å²) in [4.78, 5) is 25.8. The molecule has 0 saturated heterocycles.